The van der Waals surface area contributed by atoms with Crippen LogP contribution in [0, 0.1) is 0 Å². The largest absolute Gasteiger partial charge is 0.468 e. The molecule has 1 saturated heterocycles. The standard InChI is InChI=1S/C16H18N2O3S2/c1-21-16(20)13-10-18(8-9-22-13)15(19)7-6-14-17-11-4-2-3-5-12(11)23-14/h2-5,13H,6-10H2,1H3/t13-/m0/s1. The van der Waals surface area contributed by atoms with Gasteiger partial charge in [0.05, 0.1) is 22.3 Å². The van der Waals surface area contributed by atoms with Gasteiger partial charge in [0, 0.05) is 31.7 Å². The molecule has 0 spiro atoms. The number of carbonyl (C=O) groups is 2. The summed E-state index contributed by atoms with van der Waals surface area (Å²) in [6.45, 7) is 1.13. The summed E-state index contributed by atoms with van der Waals surface area (Å²) < 4.78 is 5.92. The van der Waals surface area contributed by atoms with Crippen molar-refractivity contribution in [1.29, 1.82) is 0 Å². The maximum absolute atomic E-state index is 12.4. The number of hydrogen-bond donors (Lipinski definition) is 0. The third kappa shape index (κ3) is 3.84. The van der Waals surface area contributed by atoms with Crippen molar-refractivity contribution in [3.8, 4) is 0 Å². The molecule has 122 valence electrons. The number of aryl methyl sites for hydroxylation is 1. The number of fused-ring (bicyclic) bond motifs is 1. The fraction of sp³-hybridized carbons (Fsp3) is 0.438. The highest BCUT2D eigenvalue weighted by Gasteiger charge is 2.29. The molecular weight excluding hydrogens is 332 g/mol. The number of nitrogens with zero attached hydrogens (tertiary/aromatic N) is 2. The van der Waals surface area contributed by atoms with Crippen molar-refractivity contribution in [1.82, 2.24) is 9.88 Å². The van der Waals surface area contributed by atoms with Crippen molar-refractivity contribution in [3.63, 3.8) is 0 Å². The Bertz CT molecular complexity index is 683. The first-order valence-electron chi connectivity index (χ1n) is 7.49. The summed E-state index contributed by atoms with van der Waals surface area (Å²) in [6, 6.07) is 7.99. The van der Waals surface area contributed by atoms with Gasteiger partial charge in [-0.1, -0.05) is 12.1 Å². The van der Waals surface area contributed by atoms with E-state index in [1.165, 1.54) is 7.11 Å². The first kappa shape index (κ1) is 16.3. The van der Waals surface area contributed by atoms with Gasteiger partial charge >= 0.3 is 5.97 Å². The Hall–Kier alpha value is -1.60. The fourth-order valence-electron chi connectivity index (χ4n) is 2.55. The van der Waals surface area contributed by atoms with Crippen molar-refractivity contribution >= 4 is 45.2 Å². The Labute approximate surface area is 143 Å². The van der Waals surface area contributed by atoms with Crippen LogP contribution in [0.2, 0.25) is 0 Å². The van der Waals surface area contributed by atoms with Crippen LogP contribution >= 0.6 is 23.1 Å². The van der Waals surface area contributed by atoms with Gasteiger partial charge in [-0.25, -0.2) is 4.98 Å². The Morgan fingerprint density at radius 3 is 3.00 bits per heavy atom. The number of hydrogen-bond acceptors (Lipinski definition) is 6. The average molecular weight is 350 g/mol. The van der Waals surface area contributed by atoms with Gasteiger partial charge in [0.25, 0.3) is 0 Å². The van der Waals surface area contributed by atoms with Crippen LogP contribution in [0.5, 0.6) is 0 Å². The van der Waals surface area contributed by atoms with Crippen LogP contribution < -0.4 is 0 Å². The highest BCUT2D eigenvalue weighted by Crippen LogP contribution is 2.24. The zero-order chi connectivity index (χ0) is 16.2. The molecule has 5 nitrogen and oxygen atoms in total. The molecule has 1 fully saturated rings. The van der Waals surface area contributed by atoms with Crippen LogP contribution in [0.25, 0.3) is 10.2 Å². The number of rotatable bonds is 4. The fourth-order valence-corrected chi connectivity index (χ4v) is 4.64. The smallest absolute Gasteiger partial charge is 0.320 e. The minimum atomic E-state index is -0.264. The maximum Gasteiger partial charge on any atom is 0.320 e. The van der Waals surface area contributed by atoms with Gasteiger partial charge in [-0.3, -0.25) is 9.59 Å². The molecule has 23 heavy (non-hydrogen) atoms. The molecular formula is C16H18N2O3S2. The number of amides is 1. The summed E-state index contributed by atoms with van der Waals surface area (Å²) in [5.74, 6) is 0.601. The first-order valence-corrected chi connectivity index (χ1v) is 9.35. The first-order chi connectivity index (χ1) is 11.2. The van der Waals surface area contributed by atoms with Crippen LogP contribution in [0.15, 0.2) is 24.3 Å². The van der Waals surface area contributed by atoms with Crippen molar-refractivity contribution in [2.24, 2.45) is 0 Å². The Balaban J connectivity index is 1.57. The van der Waals surface area contributed by atoms with E-state index in [1.54, 1.807) is 28.0 Å². The second kappa shape index (κ2) is 7.31. The third-order valence-corrected chi connectivity index (χ3v) is 6.03. The molecule has 0 radical (unpaired) electrons. The molecule has 1 aliphatic rings. The van der Waals surface area contributed by atoms with Crippen molar-refractivity contribution in [2.75, 3.05) is 26.0 Å². The third-order valence-electron chi connectivity index (χ3n) is 3.77. The number of benzene rings is 1. The van der Waals surface area contributed by atoms with Gasteiger partial charge in [-0.2, -0.15) is 0 Å². The van der Waals surface area contributed by atoms with Crippen LogP contribution in [-0.4, -0.2) is 53.0 Å². The van der Waals surface area contributed by atoms with Crippen LogP contribution in [0.1, 0.15) is 11.4 Å². The van der Waals surface area contributed by atoms with Gasteiger partial charge in [-0.05, 0) is 12.1 Å². The highest BCUT2D eigenvalue weighted by molar-refractivity contribution is 8.00. The molecule has 1 aromatic heterocycles. The van der Waals surface area contributed by atoms with E-state index in [4.69, 9.17) is 4.74 Å². The summed E-state index contributed by atoms with van der Waals surface area (Å²) in [5.41, 5.74) is 0.986. The van der Waals surface area contributed by atoms with Gasteiger partial charge in [0.15, 0.2) is 0 Å². The Kier molecular flexibility index (Phi) is 5.17. The number of thiazole rings is 1. The molecule has 1 aromatic carbocycles. The SMILES string of the molecule is COC(=O)[C@@H]1CN(C(=O)CCc2nc3ccccc3s2)CCS1. The summed E-state index contributed by atoms with van der Waals surface area (Å²) in [4.78, 5) is 30.3. The summed E-state index contributed by atoms with van der Waals surface area (Å²) >= 11 is 3.19. The minimum Gasteiger partial charge on any atom is -0.468 e. The average Bonchev–Trinajstić information content (AvgIpc) is 3.02. The van der Waals surface area contributed by atoms with E-state index in [0.29, 0.717) is 25.9 Å². The van der Waals surface area contributed by atoms with E-state index < -0.39 is 0 Å². The van der Waals surface area contributed by atoms with Crippen LogP contribution in [0.3, 0.4) is 0 Å². The van der Waals surface area contributed by atoms with Gasteiger partial charge < -0.3 is 9.64 Å². The number of esters is 1. The molecule has 1 amide bonds. The number of ether oxygens (including phenoxy) is 1. The maximum atomic E-state index is 12.4. The molecule has 7 heteroatoms. The number of methoxy groups -OCH3 is 1. The van der Waals surface area contributed by atoms with Crippen molar-refractivity contribution < 1.29 is 14.3 Å². The Morgan fingerprint density at radius 1 is 1.39 bits per heavy atom. The van der Waals surface area contributed by atoms with Crippen LogP contribution in [0.4, 0.5) is 0 Å². The lowest BCUT2D eigenvalue weighted by molar-refractivity contribution is -0.141. The number of aromatic nitrogens is 1. The highest BCUT2D eigenvalue weighted by atomic mass is 32.2. The molecule has 1 aliphatic heterocycles. The van der Waals surface area contributed by atoms with E-state index in [0.717, 1.165) is 21.0 Å². The molecule has 2 heterocycles. The quantitative estimate of drug-likeness (QED) is 0.792. The monoisotopic (exact) mass is 350 g/mol. The number of para-hydroxylation sites is 1. The summed E-state index contributed by atoms with van der Waals surface area (Å²) in [6.07, 6.45) is 1.07. The normalized spacial score (nSPS) is 18.1. The molecule has 0 bridgehead atoms. The predicted octanol–water partition coefficient (Wildman–Crippen LogP) is 2.35. The van der Waals surface area contributed by atoms with Gasteiger partial charge in [-0.15, -0.1) is 23.1 Å². The van der Waals surface area contributed by atoms with Gasteiger partial charge in [0.2, 0.25) is 5.91 Å². The van der Waals surface area contributed by atoms with E-state index in [2.05, 4.69) is 4.98 Å². The summed E-state index contributed by atoms with van der Waals surface area (Å²) in [5, 5.41) is 0.718. The molecule has 1 atom stereocenters. The zero-order valence-electron chi connectivity index (χ0n) is 12.9. The number of carbonyl (C=O) groups excluding carboxylic acids is 2. The zero-order valence-corrected chi connectivity index (χ0v) is 14.5. The van der Waals surface area contributed by atoms with Crippen molar-refractivity contribution in [3.05, 3.63) is 29.3 Å². The second-order valence-corrected chi connectivity index (χ2v) is 7.72. The van der Waals surface area contributed by atoms with E-state index in [-0.39, 0.29) is 17.1 Å². The lowest BCUT2D eigenvalue weighted by Crippen LogP contribution is -2.45. The number of thioether (sulfide) groups is 1. The Morgan fingerprint density at radius 2 is 2.22 bits per heavy atom. The molecule has 2 aromatic rings. The molecule has 0 N–H and O–H groups in total. The minimum absolute atomic E-state index is 0.0819. The summed E-state index contributed by atoms with van der Waals surface area (Å²) in [7, 11) is 1.39. The van der Waals surface area contributed by atoms with Gasteiger partial charge in [0.1, 0.15) is 5.25 Å². The van der Waals surface area contributed by atoms with E-state index >= 15 is 0 Å². The second-order valence-electron chi connectivity index (χ2n) is 5.30. The predicted molar refractivity (Wildman–Crippen MR) is 92.8 cm³/mol. The van der Waals surface area contributed by atoms with E-state index in [1.807, 2.05) is 24.3 Å². The van der Waals surface area contributed by atoms with Crippen LogP contribution in [-0.2, 0) is 20.7 Å². The van der Waals surface area contributed by atoms with E-state index in [9.17, 15) is 9.59 Å². The lowest BCUT2D eigenvalue weighted by atomic mass is 10.2. The topological polar surface area (TPSA) is 59.5 Å². The lowest BCUT2D eigenvalue weighted by Gasteiger charge is -2.31. The molecule has 0 unspecified atom stereocenters. The van der Waals surface area contributed by atoms with Crippen molar-refractivity contribution in [2.45, 2.75) is 18.1 Å². The molecule has 0 saturated carbocycles. The molecule has 0 aliphatic carbocycles. The molecule has 3 rings (SSSR count).